The Kier molecular flexibility index (Phi) is 2.26. The van der Waals surface area contributed by atoms with Gasteiger partial charge in [-0.2, -0.15) is 0 Å². The predicted octanol–water partition coefficient (Wildman–Crippen LogP) is 1.46. The van der Waals surface area contributed by atoms with Crippen molar-refractivity contribution in [2.75, 3.05) is 6.54 Å². The summed E-state index contributed by atoms with van der Waals surface area (Å²) in [7, 11) is 0. The monoisotopic (exact) mass is 207 g/mol. The largest absolute Gasteiger partial charge is 0.504 e. The normalized spacial score (nSPS) is 14.5. The Balaban J connectivity index is 2.41. The third-order valence-corrected chi connectivity index (χ3v) is 2.62. The van der Waals surface area contributed by atoms with Crippen LogP contribution in [0.25, 0.3) is 0 Å². The molecule has 1 aliphatic heterocycles. The van der Waals surface area contributed by atoms with E-state index < -0.39 is 0 Å². The summed E-state index contributed by atoms with van der Waals surface area (Å²) in [5, 5.41) is 18.9. The minimum Gasteiger partial charge on any atom is -0.504 e. The smallest absolute Gasteiger partial charge is 0.254 e. The Morgan fingerprint density at radius 3 is 2.80 bits per heavy atom. The van der Waals surface area contributed by atoms with Gasteiger partial charge in [-0.25, -0.2) is 0 Å². The fraction of sp³-hybridized carbons (Fsp3) is 0.364. The Morgan fingerprint density at radius 1 is 1.40 bits per heavy atom. The number of benzene rings is 1. The second-order valence-electron chi connectivity index (χ2n) is 3.69. The van der Waals surface area contributed by atoms with Gasteiger partial charge in [-0.1, -0.05) is 6.92 Å². The summed E-state index contributed by atoms with van der Waals surface area (Å²) in [5.74, 6) is -0.401. The van der Waals surface area contributed by atoms with Gasteiger partial charge >= 0.3 is 0 Å². The molecule has 2 N–H and O–H groups in total. The zero-order valence-electron chi connectivity index (χ0n) is 8.53. The lowest BCUT2D eigenvalue weighted by molar-refractivity contribution is 0.0778. The molecule has 0 radical (unpaired) electrons. The molecule has 0 saturated carbocycles. The zero-order valence-corrected chi connectivity index (χ0v) is 8.53. The summed E-state index contributed by atoms with van der Waals surface area (Å²) in [6.45, 7) is 3.06. The minimum atomic E-state index is -0.167. The lowest BCUT2D eigenvalue weighted by Gasteiger charge is -2.13. The molecule has 1 aromatic rings. The SMILES string of the molecule is CCCN1Cc2c(ccc(O)c2O)C1=O. The van der Waals surface area contributed by atoms with E-state index in [2.05, 4.69) is 0 Å². The number of nitrogens with zero attached hydrogens (tertiary/aromatic N) is 1. The number of fused-ring (bicyclic) bond motifs is 1. The van der Waals surface area contributed by atoms with Crippen LogP contribution in [0.15, 0.2) is 12.1 Å². The summed E-state index contributed by atoms with van der Waals surface area (Å²) in [5.41, 5.74) is 1.03. The van der Waals surface area contributed by atoms with E-state index in [-0.39, 0.29) is 17.4 Å². The summed E-state index contributed by atoms with van der Waals surface area (Å²) < 4.78 is 0. The fourth-order valence-corrected chi connectivity index (χ4v) is 1.87. The van der Waals surface area contributed by atoms with E-state index in [1.54, 1.807) is 11.0 Å². The van der Waals surface area contributed by atoms with Crippen molar-refractivity contribution in [3.8, 4) is 11.5 Å². The topological polar surface area (TPSA) is 60.8 Å². The van der Waals surface area contributed by atoms with Crippen molar-refractivity contribution in [3.63, 3.8) is 0 Å². The minimum absolute atomic E-state index is 0.0675. The average molecular weight is 207 g/mol. The standard InChI is InChI=1S/C11H13NO3/c1-2-5-12-6-8-7(11(12)15)3-4-9(13)10(8)14/h3-4,13-14H,2,5-6H2,1H3. The van der Waals surface area contributed by atoms with Crippen LogP contribution in [0, 0.1) is 0 Å². The molecule has 0 bridgehead atoms. The van der Waals surface area contributed by atoms with Crippen LogP contribution >= 0.6 is 0 Å². The van der Waals surface area contributed by atoms with Crippen molar-refractivity contribution < 1.29 is 15.0 Å². The van der Waals surface area contributed by atoms with E-state index in [1.807, 2.05) is 6.92 Å². The highest BCUT2D eigenvalue weighted by molar-refractivity contribution is 5.99. The van der Waals surface area contributed by atoms with Crippen molar-refractivity contribution >= 4 is 5.91 Å². The Morgan fingerprint density at radius 2 is 2.13 bits per heavy atom. The third-order valence-electron chi connectivity index (χ3n) is 2.62. The number of phenols is 2. The van der Waals surface area contributed by atoms with Crippen molar-refractivity contribution in [2.24, 2.45) is 0 Å². The Labute approximate surface area is 87.8 Å². The molecule has 1 heterocycles. The van der Waals surface area contributed by atoms with Gasteiger partial charge in [-0.3, -0.25) is 4.79 Å². The molecule has 1 aliphatic rings. The van der Waals surface area contributed by atoms with Crippen LogP contribution in [0.1, 0.15) is 29.3 Å². The van der Waals surface area contributed by atoms with Crippen molar-refractivity contribution in [2.45, 2.75) is 19.9 Å². The quantitative estimate of drug-likeness (QED) is 0.722. The summed E-state index contributed by atoms with van der Waals surface area (Å²) >= 11 is 0. The third kappa shape index (κ3) is 1.42. The number of aromatic hydroxyl groups is 2. The molecule has 1 aromatic carbocycles. The van der Waals surface area contributed by atoms with Gasteiger partial charge in [-0.15, -0.1) is 0 Å². The molecule has 0 fully saturated rings. The van der Waals surface area contributed by atoms with E-state index in [4.69, 9.17) is 0 Å². The molecule has 0 aliphatic carbocycles. The van der Waals surface area contributed by atoms with Gasteiger partial charge in [0.25, 0.3) is 5.91 Å². The lowest BCUT2D eigenvalue weighted by atomic mass is 10.1. The first-order chi connectivity index (χ1) is 7.15. The van der Waals surface area contributed by atoms with Crippen LogP contribution in [0.5, 0.6) is 11.5 Å². The average Bonchev–Trinajstić information content (AvgIpc) is 2.52. The van der Waals surface area contributed by atoms with E-state index >= 15 is 0 Å². The highest BCUT2D eigenvalue weighted by Gasteiger charge is 2.29. The number of hydrogen-bond donors (Lipinski definition) is 2. The van der Waals surface area contributed by atoms with Crippen LogP contribution in [-0.4, -0.2) is 27.6 Å². The first-order valence-electron chi connectivity index (χ1n) is 4.98. The second kappa shape index (κ2) is 3.46. The van der Waals surface area contributed by atoms with E-state index in [0.29, 0.717) is 24.2 Å². The van der Waals surface area contributed by atoms with Crippen LogP contribution in [0.4, 0.5) is 0 Å². The molecule has 2 rings (SSSR count). The highest BCUT2D eigenvalue weighted by Crippen LogP contribution is 2.36. The van der Waals surface area contributed by atoms with E-state index in [0.717, 1.165) is 6.42 Å². The van der Waals surface area contributed by atoms with Crippen LogP contribution < -0.4 is 0 Å². The summed E-state index contributed by atoms with van der Waals surface area (Å²) in [6.07, 6.45) is 0.881. The summed E-state index contributed by atoms with van der Waals surface area (Å²) in [4.78, 5) is 13.5. The number of rotatable bonds is 2. The molecule has 0 atom stereocenters. The molecule has 0 saturated heterocycles. The van der Waals surface area contributed by atoms with Crippen molar-refractivity contribution in [1.82, 2.24) is 4.90 Å². The van der Waals surface area contributed by atoms with Crippen molar-refractivity contribution in [1.29, 1.82) is 0 Å². The second-order valence-corrected chi connectivity index (χ2v) is 3.69. The Bertz CT molecular complexity index is 415. The maximum Gasteiger partial charge on any atom is 0.254 e. The highest BCUT2D eigenvalue weighted by atomic mass is 16.3. The number of carbonyl (C=O) groups is 1. The zero-order chi connectivity index (χ0) is 11.0. The van der Waals surface area contributed by atoms with Gasteiger partial charge in [0.15, 0.2) is 11.5 Å². The van der Waals surface area contributed by atoms with Crippen LogP contribution in [-0.2, 0) is 6.54 Å². The van der Waals surface area contributed by atoms with Gasteiger partial charge in [0.1, 0.15) is 0 Å². The van der Waals surface area contributed by atoms with Gasteiger partial charge in [0.05, 0.1) is 6.54 Å². The molecule has 80 valence electrons. The molecule has 4 nitrogen and oxygen atoms in total. The number of carbonyl (C=O) groups excluding carboxylic acids is 1. The van der Waals surface area contributed by atoms with Gasteiger partial charge in [0.2, 0.25) is 0 Å². The molecular formula is C11H13NO3. The number of phenolic OH excluding ortho intramolecular Hbond substituents is 2. The molecule has 4 heteroatoms. The van der Waals surface area contributed by atoms with Crippen LogP contribution in [0.3, 0.4) is 0 Å². The maximum absolute atomic E-state index is 11.8. The molecule has 0 unspecified atom stereocenters. The van der Waals surface area contributed by atoms with Crippen molar-refractivity contribution in [3.05, 3.63) is 23.3 Å². The molecule has 15 heavy (non-hydrogen) atoms. The molecule has 1 amide bonds. The maximum atomic E-state index is 11.8. The fourth-order valence-electron chi connectivity index (χ4n) is 1.87. The molecule has 0 aromatic heterocycles. The van der Waals surface area contributed by atoms with Gasteiger partial charge in [0, 0.05) is 17.7 Å². The van der Waals surface area contributed by atoms with Crippen LogP contribution in [0.2, 0.25) is 0 Å². The molecule has 0 spiro atoms. The predicted molar refractivity (Wildman–Crippen MR) is 54.8 cm³/mol. The number of amides is 1. The first-order valence-corrected chi connectivity index (χ1v) is 4.98. The number of hydrogen-bond acceptors (Lipinski definition) is 3. The summed E-state index contributed by atoms with van der Waals surface area (Å²) in [6, 6.07) is 2.91. The van der Waals surface area contributed by atoms with Gasteiger partial charge in [-0.05, 0) is 18.6 Å². The Hall–Kier alpha value is -1.71. The van der Waals surface area contributed by atoms with Gasteiger partial charge < -0.3 is 15.1 Å². The first kappa shape index (κ1) is 9.83. The molecular weight excluding hydrogens is 194 g/mol. The van der Waals surface area contributed by atoms with E-state index in [1.165, 1.54) is 6.07 Å². The van der Waals surface area contributed by atoms with E-state index in [9.17, 15) is 15.0 Å². The lowest BCUT2D eigenvalue weighted by Crippen LogP contribution is -2.24.